The zero-order valence-electron chi connectivity index (χ0n) is 12.4. The van der Waals surface area contributed by atoms with Crippen molar-refractivity contribution < 1.29 is 9.13 Å². The number of hydrogen-bond acceptors (Lipinski definition) is 2. The van der Waals surface area contributed by atoms with Gasteiger partial charge in [-0.1, -0.05) is 18.9 Å². The van der Waals surface area contributed by atoms with E-state index in [-0.39, 0.29) is 11.2 Å². The van der Waals surface area contributed by atoms with E-state index >= 15 is 0 Å². The van der Waals surface area contributed by atoms with Crippen molar-refractivity contribution in [3.63, 3.8) is 0 Å². The molecule has 20 heavy (non-hydrogen) atoms. The van der Waals surface area contributed by atoms with Crippen LogP contribution in [0.1, 0.15) is 44.6 Å². The van der Waals surface area contributed by atoms with Crippen molar-refractivity contribution in [2.45, 2.75) is 58.1 Å². The molecule has 0 amide bonds. The van der Waals surface area contributed by atoms with Gasteiger partial charge in [0.15, 0.2) is 0 Å². The predicted molar refractivity (Wildman–Crippen MR) is 79.5 cm³/mol. The van der Waals surface area contributed by atoms with Crippen LogP contribution in [0.25, 0.3) is 0 Å². The van der Waals surface area contributed by atoms with Crippen LogP contribution in [0.5, 0.6) is 0 Å². The quantitative estimate of drug-likeness (QED) is 0.886. The average Bonchev–Trinajstić information content (AvgIpc) is 2.94. The van der Waals surface area contributed by atoms with Crippen LogP contribution in [-0.2, 0) is 4.74 Å². The molecule has 110 valence electrons. The van der Waals surface area contributed by atoms with Gasteiger partial charge in [-0.05, 0) is 50.8 Å². The van der Waals surface area contributed by atoms with E-state index in [0.717, 1.165) is 24.3 Å². The smallest absolute Gasteiger partial charge is 0.125 e. The van der Waals surface area contributed by atoms with E-state index in [0.29, 0.717) is 12.1 Å². The van der Waals surface area contributed by atoms with Gasteiger partial charge in [-0.25, -0.2) is 4.39 Å². The molecule has 0 heterocycles. The molecule has 2 aliphatic rings. The highest BCUT2D eigenvalue weighted by molar-refractivity contribution is 5.52. The summed E-state index contributed by atoms with van der Waals surface area (Å²) < 4.78 is 19.3. The van der Waals surface area contributed by atoms with Crippen molar-refractivity contribution in [3.05, 3.63) is 29.6 Å². The Morgan fingerprint density at radius 3 is 2.80 bits per heavy atom. The van der Waals surface area contributed by atoms with Gasteiger partial charge in [0, 0.05) is 23.8 Å². The second-order valence-electron chi connectivity index (χ2n) is 6.28. The van der Waals surface area contributed by atoms with Crippen LogP contribution in [0.15, 0.2) is 18.2 Å². The van der Waals surface area contributed by atoms with Crippen molar-refractivity contribution in [1.29, 1.82) is 0 Å². The van der Waals surface area contributed by atoms with E-state index in [4.69, 9.17) is 4.74 Å². The van der Waals surface area contributed by atoms with Gasteiger partial charge >= 0.3 is 0 Å². The summed E-state index contributed by atoms with van der Waals surface area (Å²) in [7, 11) is 0. The van der Waals surface area contributed by atoms with Crippen LogP contribution in [0.3, 0.4) is 0 Å². The maximum Gasteiger partial charge on any atom is 0.125 e. The van der Waals surface area contributed by atoms with Gasteiger partial charge in [0.25, 0.3) is 0 Å². The first-order valence-electron chi connectivity index (χ1n) is 7.80. The lowest BCUT2D eigenvalue weighted by molar-refractivity contribution is -0.114. The second kappa shape index (κ2) is 5.36. The molecule has 3 heteroatoms. The fourth-order valence-corrected chi connectivity index (χ4v) is 4.03. The largest absolute Gasteiger partial charge is 0.381 e. The van der Waals surface area contributed by atoms with E-state index < -0.39 is 0 Å². The highest BCUT2D eigenvalue weighted by Gasteiger charge is 2.56. The summed E-state index contributed by atoms with van der Waals surface area (Å²) in [4.78, 5) is 0. The Labute approximate surface area is 120 Å². The summed E-state index contributed by atoms with van der Waals surface area (Å²) in [6.07, 6.45) is 6.51. The Hall–Kier alpha value is -1.09. The number of halogens is 1. The summed E-state index contributed by atoms with van der Waals surface area (Å²) in [5, 5.41) is 3.59. The van der Waals surface area contributed by atoms with Crippen LogP contribution < -0.4 is 5.32 Å². The fraction of sp³-hybridized carbons (Fsp3) is 0.647. The van der Waals surface area contributed by atoms with Crippen LogP contribution in [0, 0.1) is 18.2 Å². The van der Waals surface area contributed by atoms with E-state index in [1.807, 2.05) is 13.0 Å². The summed E-state index contributed by atoms with van der Waals surface area (Å²) in [6.45, 7) is 4.89. The van der Waals surface area contributed by atoms with E-state index in [9.17, 15) is 4.39 Å². The van der Waals surface area contributed by atoms with Gasteiger partial charge < -0.3 is 10.1 Å². The molecule has 0 saturated heterocycles. The third-order valence-corrected chi connectivity index (χ3v) is 5.22. The molecule has 0 radical (unpaired) electrons. The molecule has 2 unspecified atom stereocenters. The molecule has 0 aliphatic heterocycles. The number of nitrogens with one attached hydrogen (secondary N) is 1. The average molecular weight is 277 g/mol. The number of hydrogen-bond donors (Lipinski definition) is 1. The van der Waals surface area contributed by atoms with Crippen LogP contribution in [0.2, 0.25) is 0 Å². The number of benzene rings is 1. The maximum atomic E-state index is 13.4. The highest BCUT2D eigenvalue weighted by atomic mass is 19.1. The minimum absolute atomic E-state index is 0.167. The third-order valence-electron chi connectivity index (χ3n) is 5.22. The Morgan fingerprint density at radius 2 is 2.10 bits per heavy atom. The van der Waals surface area contributed by atoms with Gasteiger partial charge in [0.05, 0.1) is 6.10 Å². The van der Waals surface area contributed by atoms with Gasteiger partial charge in [0.1, 0.15) is 5.82 Å². The van der Waals surface area contributed by atoms with Crippen molar-refractivity contribution in [2.75, 3.05) is 11.9 Å². The number of aryl methyl sites for hydroxylation is 1. The molecule has 2 atom stereocenters. The molecule has 2 saturated carbocycles. The molecule has 1 N–H and O–H groups in total. The third kappa shape index (κ3) is 2.22. The first kappa shape index (κ1) is 13.9. The van der Waals surface area contributed by atoms with Crippen LogP contribution >= 0.6 is 0 Å². The zero-order valence-corrected chi connectivity index (χ0v) is 12.4. The van der Waals surface area contributed by atoms with E-state index in [1.54, 1.807) is 6.07 Å². The van der Waals surface area contributed by atoms with E-state index in [1.165, 1.54) is 31.7 Å². The monoisotopic (exact) mass is 277 g/mol. The summed E-state index contributed by atoms with van der Waals surface area (Å²) in [5.74, 6) is -0.167. The number of rotatable bonds is 4. The lowest BCUT2D eigenvalue weighted by Crippen LogP contribution is -2.60. The molecule has 2 nitrogen and oxygen atoms in total. The molecule has 0 aromatic heterocycles. The highest BCUT2D eigenvalue weighted by Crippen LogP contribution is 2.55. The minimum atomic E-state index is -0.167. The normalized spacial score (nSPS) is 27.6. The lowest BCUT2D eigenvalue weighted by atomic mass is 9.60. The molecule has 0 bridgehead atoms. The van der Waals surface area contributed by atoms with Crippen molar-refractivity contribution in [2.24, 2.45) is 5.41 Å². The van der Waals surface area contributed by atoms with E-state index in [2.05, 4.69) is 12.2 Å². The number of ether oxygens (including phenoxy) is 1. The van der Waals surface area contributed by atoms with Crippen LogP contribution in [-0.4, -0.2) is 18.8 Å². The van der Waals surface area contributed by atoms with Crippen LogP contribution in [0.4, 0.5) is 10.1 Å². The lowest BCUT2D eigenvalue weighted by Gasteiger charge is -2.54. The number of anilines is 1. The Kier molecular flexibility index (Phi) is 3.72. The van der Waals surface area contributed by atoms with Crippen molar-refractivity contribution in [1.82, 2.24) is 0 Å². The summed E-state index contributed by atoms with van der Waals surface area (Å²) in [5.41, 5.74) is 2.34. The molecule has 1 spiro atoms. The topological polar surface area (TPSA) is 21.3 Å². The first-order valence-corrected chi connectivity index (χ1v) is 7.80. The molecular weight excluding hydrogens is 253 g/mol. The van der Waals surface area contributed by atoms with Gasteiger partial charge in [0.2, 0.25) is 0 Å². The molecule has 2 fully saturated rings. The van der Waals surface area contributed by atoms with Gasteiger partial charge in [-0.2, -0.15) is 0 Å². The molecular formula is C17H24FNO. The van der Waals surface area contributed by atoms with Crippen molar-refractivity contribution in [3.8, 4) is 0 Å². The van der Waals surface area contributed by atoms with Gasteiger partial charge in [-0.15, -0.1) is 0 Å². The summed E-state index contributed by atoms with van der Waals surface area (Å²) >= 11 is 0. The maximum absolute atomic E-state index is 13.4. The zero-order chi connectivity index (χ0) is 14.2. The predicted octanol–water partition coefficient (Wildman–Crippen LogP) is 4.28. The summed E-state index contributed by atoms with van der Waals surface area (Å²) in [6, 6.07) is 5.42. The second-order valence-corrected chi connectivity index (χ2v) is 6.28. The molecule has 1 aromatic rings. The Balaban J connectivity index is 1.76. The Bertz CT molecular complexity index is 482. The molecule has 2 aliphatic carbocycles. The first-order chi connectivity index (χ1) is 9.65. The molecule has 1 aromatic carbocycles. The van der Waals surface area contributed by atoms with Gasteiger partial charge in [-0.3, -0.25) is 0 Å². The minimum Gasteiger partial charge on any atom is -0.381 e. The fourth-order valence-electron chi connectivity index (χ4n) is 4.03. The van der Waals surface area contributed by atoms with Crippen molar-refractivity contribution >= 4 is 5.69 Å². The SMILES string of the molecule is CCOC1CC(Nc2cc(F)ccc2C)C12CCCC2. The molecule has 3 rings (SSSR count). The Morgan fingerprint density at radius 1 is 1.35 bits per heavy atom. The standard InChI is InChI=1S/C17H24FNO/c1-3-20-16-11-15(17(16)8-4-5-9-17)19-14-10-13(18)7-6-12(14)2/h6-7,10,15-16,19H,3-5,8-9,11H2,1-2H3.